The quantitative estimate of drug-likeness (QED) is 0.334. The fraction of sp³-hybridized carbons (Fsp3) is 0.500. The molecule has 0 fully saturated rings. The van der Waals surface area contributed by atoms with Crippen LogP contribution in [0.3, 0.4) is 0 Å². The molecule has 0 aromatic carbocycles. The Morgan fingerprint density at radius 3 is 2.82 bits per heavy atom. The van der Waals surface area contributed by atoms with Gasteiger partial charge in [-0.05, 0) is 25.7 Å². The van der Waals surface area contributed by atoms with Crippen molar-refractivity contribution in [3.8, 4) is 6.07 Å². The molecule has 1 heteroatoms. The van der Waals surface area contributed by atoms with Gasteiger partial charge in [0.25, 0.3) is 0 Å². The van der Waals surface area contributed by atoms with Crippen LogP contribution in [0, 0.1) is 11.3 Å². The Labute approximate surface area is 69.0 Å². The van der Waals surface area contributed by atoms with Gasteiger partial charge < -0.3 is 0 Å². The molecule has 0 saturated carbocycles. The number of hydrogen-bond donors (Lipinski definition) is 0. The first-order chi connectivity index (χ1) is 5.31. The Morgan fingerprint density at radius 2 is 2.27 bits per heavy atom. The van der Waals surface area contributed by atoms with E-state index in [0.717, 1.165) is 25.7 Å². The van der Waals surface area contributed by atoms with E-state index in [-0.39, 0.29) is 0 Å². The van der Waals surface area contributed by atoms with Gasteiger partial charge in [0.2, 0.25) is 0 Å². The van der Waals surface area contributed by atoms with Gasteiger partial charge in [0, 0.05) is 5.57 Å². The number of hydrogen-bond acceptors (Lipinski definition) is 1. The summed E-state index contributed by atoms with van der Waals surface area (Å²) in [5.74, 6) is 0. The van der Waals surface area contributed by atoms with Gasteiger partial charge in [-0.15, -0.1) is 0 Å². The Kier molecular flexibility index (Phi) is 6.42. The van der Waals surface area contributed by atoms with Crippen molar-refractivity contribution in [2.24, 2.45) is 0 Å². The number of nitriles is 1. The van der Waals surface area contributed by atoms with Crippen LogP contribution in [0.15, 0.2) is 24.3 Å². The van der Waals surface area contributed by atoms with Gasteiger partial charge in [0.15, 0.2) is 0 Å². The summed E-state index contributed by atoms with van der Waals surface area (Å²) in [7, 11) is 0. The second kappa shape index (κ2) is 7.08. The number of rotatable bonds is 5. The van der Waals surface area contributed by atoms with Crippen LogP contribution in [-0.2, 0) is 0 Å². The van der Waals surface area contributed by atoms with Gasteiger partial charge in [0.1, 0.15) is 0 Å². The maximum absolute atomic E-state index is 8.37. The monoisotopic (exact) mass is 149 g/mol. The first-order valence-corrected chi connectivity index (χ1v) is 4.04. The lowest BCUT2D eigenvalue weighted by molar-refractivity contribution is 0.847. The lowest BCUT2D eigenvalue weighted by atomic mass is 10.1. The number of unbranched alkanes of at least 4 members (excludes halogenated alkanes) is 1. The highest BCUT2D eigenvalue weighted by molar-refractivity contribution is 5.15. The van der Waals surface area contributed by atoms with Gasteiger partial charge in [-0.25, -0.2) is 0 Å². The summed E-state index contributed by atoms with van der Waals surface area (Å²) in [5, 5.41) is 8.37. The van der Waals surface area contributed by atoms with E-state index in [0.29, 0.717) is 5.57 Å². The zero-order valence-electron chi connectivity index (χ0n) is 7.14. The van der Waals surface area contributed by atoms with Gasteiger partial charge in [0.05, 0.1) is 6.07 Å². The molecule has 0 aliphatic rings. The van der Waals surface area contributed by atoms with Crippen molar-refractivity contribution in [3.05, 3.63) is 24.3 Å². The Morgan fingerprint density at radius 1 is 1.55 bits per heavy atom. The van der Waals surface area contributed by atoms with E-state index in [1.165, 1.54) is 0 Å². The maximum atomic E-state index is 8.37. The van der Waals surface area contributed by atoms with Crippen LogP contribution < -0.4 is 0 Å². The summed E-state index contributed by atoms with van der Waals surface area (Å²) >= 11 is 0. The molecule has 60 valence electrons. The summed E-state index contributed by atoms with van der Waals surface area (Å²) in [6, 6.07) is 2.04. The molecule has 0 aromatic rings. The SMILES string of the molecule is C=C(C#N)CCCC=CCC. The first-order valence-electron chi connectivity index (χ1n) is 4.04. The molecule has 0 heterocycles. The summed E-state index contributed by atoms with van der Waals surface area (Å²) in [6.45, 7) is 5.72. The minimum Gasteiger partial charge on any atom is -0.193 e. The van der Waals surface area contributed by atoms with Crippen molar-refractivity contribution in [1.82, 2.24) is 0 Å². The molecule has 0 aliphatic carbocycles. The standard InChI is InChI=1S/C10H15N/c1-3-4-5-6-7-8-10(2)9-11/h4-5H,2-3,6-8H2,1H3. The molecule has 0 aliphatic heterocycles. The van der Waals surface area contributed by atoms with Crippen molar-refractivity contribution in [2.75, 3.05) is 0 Å². The zero-order valence-corrected chi connectivity index (χ0v) is 7.14. The van der Waals surface area contributed by atoms with Crippen LogP contribution in [0.25, 0.3) is 0 Å². The molecule has 1 nitrogen and oxygen atoms in total. The minimum atomic E-state index is 0.690. The van der Waals surface area contributed by atoms with Crippen LogP contribution in [0.4, 0.5) is 0 Å². The predicted octanol–water partition coefficient (Wildman–Crippen LogP) is 3.20. The van der Waals surface area contributed by atoms with Crippen molar-refractivity contribution in [3.63, 3.8) is 0 Å². The third kappa shape index (κ3) is 6.86. The lowest BCUT2D eigenvalue weighted by Crippen LogP contribution is -1.76. The number of nitrogens with zero attached hydrogens (tertiary/aromatic N) is 1. The summed E-state index contributed by atoms with van der Waals surface area (Å²) < 4.78 is 0. The molecule has 0 atom stereocenters. The molecular weight excluding hydrogens is 134 g/mol. The highest BCUT2D eigenvalue weighted by atomic mass is 14.2. The average Bonchev–Trinajstić information content (AvgIpc) is 2.04. The van der Waals surface area contributed by atoms with Crippen LogP contribution >= 0.6 is 0 Å². The second-order valence-corrected chi connectivity index (χ2v) is 2.49. The van der Waals surface area contributed by atoms with Crippen molar-refractivity contribution in [2.45, 2.75) is 32.6 Å². The molecule has 0 unspecified atom stereocenters. The van der Waals surface area contributed by atoms with Gasteiger partial charge in [-0.2, -0.15) is 5.26 Å². The molecule has 0 rings (SSSR count). The van der Waals surface area contributed by atoms with Crippen LogP contribution in [0.2, 0.25) is 0 Å². The molecule has 0 radical (unpaired) electrons. The van der Waals surface area contributed by atoms with Crippen LogP contribution in [0.5, 0.6) is 0 Å². The number of allylic oxidation sites excluding steroid dienone is 3. The molecule has 11 heavy (non-hydrogen) atoms. The molecule has 0 aromatic heterocycles. The molecular formula is C10H15N. The largest absolute Gasteiger partial charge is 0.193 e. The van der Waals surface area contributed by atoms with E-state index < -0.39 is 0 Å². The van der Waals surface area contributed by atoms with E-state index >= 15 is 0 Å². The first kappa shape index (κ1) is 9.97. The smallest absolute Gasteiger partial charge is 0.0940 e. The summed E-state index contributed by atoms with van der Waals surface area (Å²) in [5.41, 5.74) is 0.690. The lowest BCUT2D eigenvalue weighted by Gasteiger charge is -1.91. The summed E-state index contributed by atoms with van der Waals surface area (Å²) in [4.78, 5) is 0. The normalized spacial score (nSPS) is 9.82. The maximum Gasteiger partial charge on any atom is 0.0940 e. The van der Waals surface area contributed by atoms with E-state index in [9.17, 15) is 0 Å². The Balaban J connectivity index is 3.23. The van der Waals surface area contributed by atoms with E-state index in [4.69, 9.17) is 5.26 Å². The highest BCUT2D eigenvalue weighted by Gasteiger charge is 1.88. The van der Waals surface area contributed by atoms with Crippen LogP contribution in [0.1, 0.15) is 32.6 Å². The molecule has 0 N–H and O–H groups in total. The van der Waals surface area contributed by atoms with E-state index in [2.05, 4.69) is 25.7 Å². The van der Waals surface area contributed by atoms with Crippen molar-refractivity contribution in [1.29, 1.82) is 5.26 Å². The van der Waals surface area contributed by atoms with Gasteiger partial charge in [-0.1, -0.05) is 25.7 Å². The Hall–Kier alpha value is -1.03. The summed E-state index contributed by atoms with van der Waals surface area (Å²) in [6.07, 6.45) is 8.35. The minimum absolute atomic E-state index is 0.690. The topological polar surface area (TPSA) is 23.8 Å². The zero-order chi connectivity index (χ0) is 8.53. The van der Waals surface area contributed by atoms with E-state index in [1.807, 2.05) is 6.07 Å². The third-order valence-corrected chi connectivity index (χ3v) is 1.41. The predicted molar refractivity (Wildman–Crippen MR) is 48.0 cm³/mol. The Bertz CT molecular complexity index is 172. The molecule has 0 amide bonds. The van der Waals surface area contributed by atoms with Gasteiger partial charge >= 0.3 is 0 Å². The second-order valence-electron chi connectivity index (χ2n) is 2.49. The molecule has 0 spiro atoms. The highest BCUT2D eigenvalue weighted by Crippen LogP contribution is 2.04. The fourth-order valence-electron chi connectivity index (χ4n) is 0.774. The van der Waals surface area contributed by atoms with Crippen molar-refractivity contribution < 1.29 is 0 Å². The third-order valence-electron chi connectivity index (χ3n) is 1.41. The van der Waals surface area contributed by atoms with Crippen LogP contribution in [-0.4, -0.2) is 0 Å². The van der Waals surface area contributed by atoms with Gasteiger partial charge in [-0.3, -0.25) is 0 Å². The van der Waals surface area contributed by atoms with Crippen molar-refractivity contribution >= 4 is 0 Å². The molecule has 0 saturated heterocycles. The average molecular weight is 149 g/mol. The fourth-order valence-corrected chi connectivity index (χ4v) is 0.774. The van der Waals surface area contributed by atoms with E-state index in [1.54, 1.807) is 0 Å². The molecule has 0 bridgehead atoms.